The second-order valence-corrected chi connectivity index (χ2v) is 12.4. The number of likely N-dealkylation sites (tertiary alicyclic amines) is 1. The lowest BCUT2D eigenvalue weighted by molar-refractivity contribution is 0.0944. The van der Waals surface area contributed by atoms with Crippen LogP contribution in [0, 0.1) is 5.92 Å². The van der Waals surface area contributed by atoms with Gasteiger partial charge in [-0.15, -0.1) is 0 Å². The van der Waals surface area contributed by atoms with Crippen molar-refractivity contribution in [2.24, 2.45) is 11.7 Å². The summed E-state index contributed by atoms with van der Waals surface area (Å²) in [5.41, 5.74) is 8.64. The van der Waals surface area contributed by atoms with Gasteiger partial charge in [0.05, 0.1) is 6.20 Å². The van der Waals surface area contributed by atoms with E-state index >= 15 is 0 Å². The van der Waals surface area contributed by atoms with Crippen molar-refractivity contribution in [3.63, 3.8) is 0 Å². The largest absolute Gasteiger partial charge is 0.490 e. The van der Waals surface area contributed by atoms with Crippen LogP contribution in [-0.2, 0) is 0 Å². The van der Waals surface area contributed by atoms with Crippen LogP contribution in [0.15, 0.2) is 54.7 Å². The van der Waals surface area contributed by atoms with Gasteiger partial charge in [-0.1, -0.05) is 24.3 Å². The molecule has 0 bridgehead atoms. The van der Waals surface area contributed by atoms with Gasteiger partial charge in [0, 0.05) is 43.3 Å². The molecule has 0 radical (unpaired) electrons. The van der Waals surface area contributed by atoms with Crippen LogP contribution in [0.3, 0.4) is 0 Å². The quantitative estimate of drug-likeness (QED) is 0.299. The maximum absolute atomic E-state index is 13.2. The summed E-state index contributed by atoms with van der Waals surface area (Å²) in [4.78, 5) is 39.2. The molecule has 3 N–H and O–H groups in total. The third-order valence-corrected chi connectivity index (χ3v) is 9.25. The number of carbonyl (C=O) groups excluding carboxylic acids is 2. The number of carbonyl (C=O) groups is 2. The van der Waals surface area contributed by atoms with E-state index in [4.69, 9.17) is 15.5 Å². The number of aromatic nitrogens is 2. The van der Waals surface area contributed by atoms with Gasteiger partial charge in [0.1, 0.15) is 17.7 Å². The number of Topliss-reactive ketones (excluding diaryl/α,β-unsaturated/α-hetero) is 1. The van der Waals surface area contributed by atoms with Crippen LogP contribution in [0.4, 0.5) is 17.3 Å². The van der Waals surface area contributed by atoms with Crippen LogP contribution in [0.25, 0.3) is 0 Å². The number of rotatable bonds is 10. The van der Waals surface area contributed by atoms with E-state index in [1.807, 2.05) is 36.4 Å². The van der Waals surface area contributed by atoms with Crippen LogP contribution in [-0.4, -0.2) is 65.4 Å². The first-order chi connectivity index (χ1) is 20.8. The zero-order valence-electron chi connectivity index (χ0n) is 25.2. The van der Waals surface area contributed by atoms with Crippen LogP contribution >= 0.6 is 0 Å². The molecule has 3 aromatic rings. The summed E-state index contributed by atoms with van der Waals surface area (Å²) in [6, 6.07) is 16.0. The van der Waals surface area contributed by atoms with Gasteiger partial charge in [0.25, 0.3) is 5.91 Å². The van der Waals surface area contributed by atoms with E-state index in [0.29, 0.717) is 24.0 Å². The molecule has 9 heteroatoms. The molecule has 3 aliphatic rings. The highest BCUT2D eigenvalue weighted by molar-refractivity contribution is 5.97. The lowest BCUT2D eigenvalue weighted by Gasteiger charge is -2.40. The first-order valence-electron chi connectivity index (χ1n) is 15.6. The molecule has 0 unspecified atom stereocenters. The molecule has 2 saturated heterocycles. The SMILES string of the molecule is C[C@@H]1[C@H](CC(=O)c2ccc(C3CC3)cc2)CCCN1c1cnc(C(N)=O)c(Nc2ccc(OC3CCN(C)CC3)cc2)n1. The number of ether oxygens (including phenoxy) is 1. The molecule has 1 saturated carbocycles. The van der Waals surface area contributed by atoms with Crippen LogP contribution in [0.2, 0.25) is 0 Å². The maximum Gasteiger partial charge on any atom is 0.271 e. The number of hydrogen-bond donors (Lipinski definition) is 2. The summed E-state index contributed by atoms with van der Waals surface area (Å²) in [5.74, 6) is 2.20. The number of nitrogens with zero attached hydrogens (tertiary/aromatic N) is 4. The lowest BCUT2D eigenvalue weighted by Crippen LogP contribution is -2.44. The molecule has 2 aromatic carbocycles. The number of amides is 1. The Hall–Kier alpha value is -3.98. The van der Waals surface area contributed by atoms with Crippen LogP contribution in [0.1, 0.15) is 84.2 Å². The third kappa shape index (κ3) is 6.99. The molecule has 9 nitrogen and oxygen atoms in total. The van der Waals surface area contributed by atoms with Gasteiger partial charge in [-0.25, -0.2) is 9.97 Å². The van der Waals surface area contributed by atoms with Gasteiger partial charge in [-0.05, 0) is 94.2 Å². The summed E-state index contributed by atoms with van der Waals surface area (Å²) >= 11 is 0. The number of hydrogen-bond acceptors (Lipinski definition) is 8. The Labute approximate surface area is 253 Å². The molecule has 6 rings (SSSR count). The van der Waals surface area contributed by atoms with Gasteiger partial charge >= 0.3 is 0 Å². The average molecular weight is 583 g/mol. The van der Waals surface area contributed by atoms with Crippen molar-refractivity contribution >= 4 is 29.0 Å². The zero-order chi connectivity index (χ0) is 29.9. The monoisotopic (exact) mass is 582 g/mol. The highest BCUT2D eigenvalue weighted by Gasteiger charge is 2.32. The molecule has 2 aliphatic heterocycles. The van der Waals surface area contributed by atoms with Crippen molar-refractivity contribution in [3.8, 4) is 5.75 Å². The lowest BCUT2D eigenvalue weighted by atomic mass is 9.85. The number of nitrogens with one attached hydrogen (secondary N) is 1. The number of nitrogens with two attached hydrogens (primary N) is 1. The van der Waals surface area contributed by atoms with Crippen molar-refractivity contribution in [2.75, 3.05) is 36.9 Å². The van der Waals surface area contributed by atoms with Gasteiger partial charge in [0.2, 0.25) is 0 Å². The van der Waals surface area contributed by atoms with Crippen molar-refractivity contribution in [3.05, 3.63) is 71.5 Å². The molecular weight excluding hydrogens is 540 g/mol. The molecule has 3 heterocycles. The zero-order valence-corrected chi connectivity index (χ0v) is 25.2. The van der Waals surface area contributed by atoms with Gasteiger partial charge in [0.15, 0.2) is 17.3 Å². The molecule has 1 aromatic heterocycles. The Morgan fingerprint density at radius 3 is 2.37 bits per heavy atom. The standard InChI is InChI=1S/C34H42N6O3/c1-22-26(20-30(41)25-9-7-24(8-10-25)23-5-6-23)4-3-17-40(22)31-21-36-32(33(35)42)34(38-31)37-27-11-13-28(14-12-27)43-29-15-18-39(2)19-16-29/h7-14,21-23,26,29H,3-6,15-20H2,1-2H3,(H2,35,42)(H,37,38)/t22-,26+/m1/s1. The Morgan fingerprint density at radius 1 is 0.977 bits per heavy atom. The minimum absolute atomic E-state index is 0.0843. The summed E-state index contributed by atoms with van der Waals surface area (Å²) < 4.78 is 6.18. The maximum atomic E-state index is 13.2. The van der Waals surface area contributed by atoms with Crippen molar-refractivity contribution in [2.45, 2.75) is 69.9 Å². The van der Waals surface area contributed by atoms with Crippen molar-refractivity contribution in [1.29, 1.82) is 0 Å². The molecule has 3 fully saturated rings. The summed E-state index contributed by atoms with van der Waals surface area (Å²) in [6.45, 7) is 5.02. The highest BCUT2D eigenvalue weighted by Crippen LogP contribution is 2.40. The molecule has 2 atom stereocenters. The van der Waals surface area contributed by atoms with Gasteiger partial charge in [-0.3, -0.25) is 9.59 Å². The average Bonchev–Trinajstić information content (AvgIpc) is 3.86. The Morgan fingerprint density at radius 2 is 1.70 bits per heavy atom. The molecular formula is C34H42N6O3. The first kappa shape index (κ1) is 29.1. The van der Waals surface area contributed by atoms with Gasteiger partial charge < -0.3 is 25.6 Å². The van der Waals surface area contributed by atoms with E-state index in [2.05, 4.69) is 46.2 Å². The van der Waals surface area contributed by atoms with Crippen molar-refractivity contribution in [1.82, 2.24) is 14.9 Å². The van der Waals surface area contributed by atoms with Gasteiger partial charge in [-0.2, -0.15) is 0 Å². The number of piperidine rings is 2. The molecule has 1 amide bonds. The second kappa shape index (κ2) is 12.7. The predicted molar refractivity (Wildman–Crippen MR) is 168 cm³/mol. The second-order valence-electron chi connectivity index (χ2n) is 12.4. The minimum Gasteiger partial charge on any atom is -0.490 e. The smallest absolute Gasteiger partial charge is 0.271 e. The van der Waals surface area contributed by atoms with E-state index in [-0.39, 0.29) is 29.5 Å². The summed E-state index contributed by atoms with van der Waals surface area (Å²) in [6.07, 6.45) is 8.78. The first-order valence-corrected chi connectivity index (χ1v) is 15.6. The predicted octanol–water partition coefficient (Wildman–Crippen LogP) is 5.55. The molecule has 1 aliphatic carbocycles. The minimum atomic E-state index is -0.647. The Balaban J connectivity index is 1.13. The fourth-order valence-corrected chi connectivity index (χ4v) is 6.37. The Bertz CT molecular complexity index is 1430. The fraction of sp³-hybridized carbons (Fsp3) is 0.471. The number of anilines is 3. The Kier molecular flexibility index (Phi) is 8.61. The molecule has 43 heavy (non-hydrogen) atoms. The van der Waals surface area contributed by atoms with E-state index in [1.165, 1.54) is 18.4 Å². The third-order valence-electron chi connectivity index (χ3n) is 9.25. The summed E-state index contributed by atoms with van der Waals surface area (Å²) in [5, 5.41) is 3.25. The summed E-state index contributed by atoms with van der Waals surface area (Å²) in [7, 11) is 2.13. The van der Waals surface area contributed by atoms with Crippen molar-refractivity contribution < 1.29 is 14.3 Å². The molecule has 226 valence electrons. The van der Waals surface area contributed by atoms with Crippen LogP contribution in [0.5, 0.6) is 5.75 Å². The number of ketones is 1. The normalized spacial score (nSPS) is 21.4. The number of benzene rings is 2. The molecule has 0 spiro atoms. The van der Waals surface area contributed by atoms with E-state index in [0.717, 1.165) is 62.3 Å². The highest BCUT2D eigenvalue weighted by atomic mass is 16.5. The van der Waals surface area contributed by atoms with E-state index in [9.17, 15) is 9.59 Å². The number of primary amides is 1. The van der Waals surface area contributed by atoms with E-state index in [1.54, 1.807) is 6.20 Å². The fourth-order valence-electron chi connectivity index (χ4n) is 6.37. The van der Waals surface area contributed by atoms with Crippen LogP contribution < -0.4 is 20.7 Å². The van der Waals surface area contributed by atoms with E-state index < -0.39 is 5.91 Å². The topological polar surface area (TPSA) is 114 Å².